The normalized spacial score (nSPS) is 11.5. The Bertz CT molecular complexity index is 965. The number of carbonyl (C=O) groups excluding carboxylic acids is 1. The van der Waals surface area contributed by atoms with Crippen molar-refractivity contribution < 1.29 is 18.3 Å². The predicted octanol–water partition coefficient (Wildman–Crippen LogP) is 4.65. The van der Waals surface area contributed by atoms with Crippen LogP contribution in [0.5, 0.6) is 0 Å². The van der Waals surface area contributed by atoms with Gasteiger partial charge in [-0.25, -0.2) is 8.78 Å². The molecule has 28 heavy (non-hydrogen) atoms. The number of hydrogen-bond donors (Lipinski definition) is 0. The number of nitrogens with zero attached hydrogens (tertiary/aromatic N) is 3. The van der Waals surface area contributed by atoms with E-state index in [1.165, 1.54) is 24.3 Å². The molecular formula is C20H19F2N3O2S. The lowest BCUT2D eigenvalue weighted by molar-refractivity contribution is -0.151. The average molecular weight is 403 g/mol. The molecule has 0 amide bonds. The Morgan fingerprint density at radius 1 is 1.00 bits per heavy atom. The number of hydrogen-bond acceptors (Lipinski definition) is 5. The van der Waals surface area contributed by atoms with Gasteiger partial charge in [-0.1, -0.05) is 11.8 Å². The summed E-state index contributed by atoms with van der Waals surface area (Å²) < 4.78 is 33.7. The van der Waals surface area contributed by atoms with Crippen molar-refractivity contribution in [1.29, 1.82) is 0 Å². The summed E-state index contributed by atoms with van der Waals surface area (Å²) in [7, 11) is 0. The Morgan fingerprint density at radius 2 is 1.57 bits per heavy atom. The van der Waals surface area contributed by atoms with E-state index in [9.17, 15) is 13.6 Å². The summed E-state index contributed by atoms with van der Waals surface area (Å²) in [6.07, 6.45) is 0. The molecule has 5 nitrogen and oxygen atoms in total. The molecule has 1 aromatic heterocycles. The van der Waals surface area contributed by atoms with Gasteiger partial charge in [0.2, 0.25) is 0 Å². The first-order chi connectivity index (χ1) is 13.2. The van der Waals surface area contributed by atoms with Gasteiger partial charge in [0.05, 0.1) is 5.75 Å². The third-order valence-electron chi connectivity index (χ3n) is 3.56. The topological polar surface area (TPSA) is 57.0 Å². The van der Waals surface area contributed by atoms with E-state index in [-0.39, 0.29) is 23.4 Å². The van der Waals surface area contributed by atoms with Crippen LogP contribution < -0.4 is 0 Å². The second-order valence-corrected chi connectivity index (χ2v) is 7.94. The molecule has 1 heterocycles. The minimum atomic E-state index is -0.582. The van der Waals surface area contributed by atoms with Crippen molar-refractivity contribution in [3.8, 4) is 17.1 Å². The summed E-state index contributed by atoms with van der Waals surface area (Å²) >= 11 is 1.16. The van der Waals surface area contributed by atoms with Crippen molar-refractivity contribution in [2.75, 3.05) is 5.75 Å². The van der Waals surface area contributed by atoms with Crippen LogP contribution in [0.3, 0.4) is 0 Å². The Labute approximate surface area is 165 Å². The largest absolute Gasteiger partial charge is 0.459 e. The highest BCUT2D eigenvalue weighted by Gasteiger charge is 2.20. The zero-order valence-electron chi connectivity index (χ0n) is 15.6. The molecule has 8 heteroatoms. The number of rotatable bonds is 5. The zero-order valence-corrected chi connectivity index (χ0v) is 16.5. The van der Waals surface area contributed by atoms with Crippen LogP contribution >= 0.6 is 11.8 Å². The monoisotopic (exact) mass is 403 g/mol. The van der Waals surface area contributed by atoms with Crippen LogP contribution in [0.4, 0.5) is 8.78 Å². The second kappa shape index (κ2) is 8.10. The second-order valence-electron chi connectivity index (χ2n) is 7.00. The predicted molar refractivity (Wildman–Crippen MR) is 103 cm³/mol. The summed E-state index contributed by atoms with van der Waals surface area (Å²) in [4.78, 5) is 12.0. The molecule has 0 N–H and O–H groups in total. The van der Waals surface area contributed by atoms with Crippen LogP contribution in [0.1, 0.15) is 20.8 Å². The molecule has 0 aliphatic heterocycles. The van der Waals surface area contributed by atoms with E-state index in [2.05, 4.69) is 10.2 Å². The van der Waals surface area contributed by atoms with Crippen LogP contribution in [-0.2, 0) is 9.53 Å². The fourth-order valence-corrected chi connectivity index (χ4v) is 3.19. The zero-order chi connectivity index (χ0) is 20.3. The Morgan fingerprint density at radius 3 is 2.14 bits per heavy atom. The molecule has 0 unspecified atom stereocenters. The SMILES string of the molecule is CC(C)(C)OC(=O)CSc1nnc(-c2ccc(F)cc2)n1-c1ccc(F)cc1. The first-order valence-corrected chi connectivity index (χ1v) is 9.53. The van der Waals surface area contributed by atoms with E-state index >= 15 is 0 Å². The van der Waals surface area contributed by atoms with Gasteiger partial charge in [-0.05, 0) is 69.3 Å². The maximum absolute atomic E-state index is 13.4. The van der Waals surface area contributed by atoms with Crippen LogP contribution in [-0.4, -0.2) is 32.1 Å². The van der Waals surface area contributed by atoms with Crippen molar-refractivity contribution in [2.45, 2.75) is 31.5 Å². The third-order valence-corrected chi connectivity index (χ3v) is 4.46. The molecule has 3 rings (SSSR count). The molecule has 2 aromatic carbocycles. The van der Waals surface area contributed by atoms with Crippen molar-refractivity contribution in [2.24, 2.45) is 0 Å². The maximum atomic E-state index is 13.4. The lowest BCUT2D eigenvalue weighted by Crippen LogP contribution is -2.25. The first kappa shape index (κ1) is 20.0. The molecule has 3 aromatic rings. The molecule has 0 saturated carbocycles. The molecule has 0 atom stereocenters. The fraction of sp³-hybridized carbons (Fsp3) is 0.250. The average Bonchev–Trinajstić information content (AvgIpc) is 3.04. The van der Waals surface area contributed by atoms with Gasteiger partial charge in [0.1, 0.15) is 17.2 Å². The molecular weight excluding hydrogens is 384 g/mol. The van der Waals surface area contributed by atoms with Gasteiger partial charge in [0.15, 0.2) is 11.0 Å². The molecule has 0 radical (unpaired) electrons. The molecule has 0 fully saturated rings. The summed E-state index contributed by atoms with van der Waals surface area (Å²) in [6, 6.07) is 11.6. The van der Waals surface area contributed by atoms with Crippen molar-refractivity contribution >= 4 is 17.7 Å². The minimum absolute atomic E-state index is 0.0417. The quantitative estimate of drug-likeness (QED) is 0.459. The Balaban J connectivity index is 1.95. The van der Waals surface area contributed by atoms with E-state index in [4.69, 9.17) is 4.74 Å². The van der Waals surface area contributed by atoms with E-state index in [1.807, 2.05) is 0 Å². The molecule has 0 saturated heterocycles. The lowest BCUT2D eigenvalue weighted by atomic mass is 10.2. The standard InChI is InChI=1S/C20H19F2N3O2S/c1-20(2,3)27-17(26)12-28-19-24-23-18(13-4-6-14(21)7-5-13)25(19)16-10-8-15(22)9-11-16/h4-11H,12H2,1-3H3. The van der Waals surface area contributed by atoms with Crippen LogP contribution in [0.25, 0.3) is 17.1 Å². The highest BCUT2D eigenvalue weighted by Crippen LogP contribution is 2.28. The number of ether oxygens (including phenoxy) is 1. The number of thioether (sulfide) groups is 1. The Hall–Kier alpha value is -2.74. The molecule has 0 spiro atoms. The number of benzene rings is 2. The number of carbonyl (C=O) groups is 1. The van der Waals surface area contributed by atoms with Gasteiger partial charge < -0.3 is 4.74 Å². The lowest BCUT2D eigenvalue weighted by Gasteiger charge is -2.19. The highest BCUT2D eigenvalue weighted by molar-refractivity contribution is 7.99. The van der Waals surface area contributed by atoms with Crippen molar-refractivity contribution in [1.82, 2.24) is 14.8 Å². The summed E-state index contributed by atoms with van der Waals surface area (Å²) in [5, 5.41) is 8.80. The van der Waals surface area contributed by atoms with E-state index in [0.717, 1.165) is 11.8 Å². The highest BCUT2D eigenvalue weighted by atomic mass is 32.2. The number of halogens is 2. The molecule has 0 bridgehead atoms. The van der Waals surface area contributed by atoms with Gasteiger partial charge >= 0.3 is 5.97 Å². The first-order valence-electron chi connectivity index (χ1n) is 8.55. The summed E-state index contributed by atoms with van der Waals surface area (Å²) in [5.74, 6) is -0.618. The van der Waals surface area contributed by atoms with Gasteiger partial charge in [-0.3, -0.25) is 9.36 Å². The van der Waals surface area contributed by atoms with E-state index in [0.29, 0.717) is 22.2 Å². The van der Waals surface area contributed by atoms with E-state index < -0.39 is 5.60 Å². The maximum Gasteiger partial charge on any atom is 0.316 e. The van der Waals surface area contributed by atoms with Crippen molar-refractivity contribution in [3.05, 3.63) is 60.2 Å². The molecule has 0 aliphatic rings. The van der Waals surface area contributed by atoms with Gasteiger partial charge in [-0.2, -0.15) is 0 Å². The fourth-order valence-electron chi connectivity index (χ4n) is 2.47. The summed E-state index contributed by atoms with van der Waals surface area (Å²) in [5.41, 5.74) is 0.682. The van der Waals surface area contributed by atoms with Gasteiger partial charge in [0, 0.05) is 11.3 Å². The number of aromatic nitrogens is 3. The van der Waals surface area contributed by atoms with Gasteiger partial charge in [0.25, 0.3) is 0 Å². The molecule has 0 aliphatic carbocycles. The smallest absolute Gasteiger partial charge is 0.316 e. The van der Waals surface area contributed by atoms with Crippen LogP contribution in [0, 0.1) is 11.6 Å². The van der Waals surface area contributed by atoms with E-state index in [1.54, 1.807) is 49.6 Å². The van der Waals surface area contributed by atoms with Gasteiger partial charge in [-0.15, -0.1) is 10.2 Å². The minimum Gasteiger partial charge on any atom is -0.459 e. The van der Waals surface area contributed by atoms with Crippen LogP contribution in [0.2, 0.25) is 0 Å². The van der Waals surface area contributed by atoms with Crippen LogP contribution in [0.15, 0.2) is 53.7 Å². The molecule has 146 valence electrons. The Kier molecular flexibility index (Phi) is 5.79. The third kappa shape index (κ3) is 4.95. The number of esters is 1. The summed E-state index contributed by atoms with van der Waals surface area (Å²) in [6.45, 7) is 5.38. The van der Waals surface area contributed by atoms with Crippen molar-refractivity contribution in [3.63, 3.8) is 0 Å².